The molecule has 0 atom stereocenters. The molecule has 1 heteroatoms. The largest absolute Gasteiger partial charge is 0.310 e. The monoisotopic (exact) mass is 389 g/mol. The fourth-order valence-electron chi connectivity index (χ4n) is 3.64. The molecule has 0 heterocycles. The van der Waals surface area contributed by atoms with Crippen molar-refractivity contribution in [2.45, 2.75) is 20.8 Å². The maximum atomic E-state index is 2.35. The molecule has 148 valence electrons. The van der Waals surface area contributed by atoms with Crippen molar-refractivity contribution in [1.29, 1.82) is 0 Å². The van der Waals surface area contributed by atoms with E-state index in [0.717, 1.165) is 5.69 Å². The maximum absolute atomic E-state index is 2.35. The second-order valence-electron chi connectivity index (χ2n) is 7.74. The number of para-hydroxylation sites is 2. The third kappa shape index (κ3) is 4.36. The minimum Gasteiger partial charge on any atom is -0.310 e. The van der Waals surface area contributed by atoms with Gasteiger partial charge in [-0.3, -0.25) is 0 Å². The van der Waals surface area contributed by atoms with E-state index in [2.05, 4.69) is 135 Å². The van der Waals surface area contributed by atoms with Crippen LogP contribution in [0.1, 0.15) is 27.8 Å². The van der Waals surface area contributed by atoms with E-state index in [4.69, 9.17) is 0 Å². The molecule has 0 aromatic heterocycles. The third-order valence-corrected chi connectivity index (χ3v) is 5.41. The zero-order valence-corrected chi connectivity index (χ0v) is 17.8. The van der Waals surface area contributed by atoms with Crippen LogP contribution in [0.15, 0.2) is 97.1 Å². The fourth-order valence-corrected chi connectivity index (χ4v) is 3.64. The van der Waals surface area contributed by atoms with E-state index in [-0.39, 0.29) is 0 Å². The number of anilines is 3. The van der Waals surface area contributed by atoms with E-state index in [1.165, 1.54) is 39.2 Å². The molecular formula is C29H27N. The van der Waals surface area contributed by atoms with Gasteiger partial charge in [-0.2, -0.15) is 0 Å². The molecule has 0 unspecified atom stereocenters. The first-order chi connectivity index (χ1) is 14.6. The lowest BCUT2D eigenvalue weighted by atomic mass is 10.1. The first-order valence-electron chi connectivity index (χ1n) is 10.4. The first kappa shape index (κ1) is 19.7. The Balaban J connectivity index is 1.69. The van der Waals surface area contributed by atoms with Gasteiger partial charge < -0.3 is 4.90 Å². The highest BCUT2D eigenvalue weighted by Gasteiger charge is 2.15. The van der Waals surface area contributed by atoms with Gasteiger partial charge in [0.15, 0.2) is 0 Å². The molecular weight excluding hydrogens is 362 g/mol. The van der Waals surface area contributed by atoms with Gasteiger partial charge in [-0.15, -0.1) is 0 Å². The summed E-state index contributed by atoms with van der Waals surface area (Å²) >= 11 is 0. The Labute approximate surface area is 179 Å². The van der Waals surface area contributed by atoms with Gasteiger partial charge in [0, 0.05) is 17.1 Å². The number of rotatable bonds is 5. The van der Waals surface area contributed by atoms with Crippen LogP contribution in [-0.4, -0.2) is 0 Å². The first-order valence-corrected chi connectivity index (χ1v) is 10.4. The van der Waals surface area contributed by atoms with Crippen LogP contribution in [0, 0.1) is 20.8 Å². The average Bonchev–Trinajstić information content (AvgIpc) is 2.77. The average molecular weight is 390 g/mol. The van der Waals surface area contributed by atoms with Crippen LogP contribution in [0.5, 0.6) is 0 Å². The van der Waals surface area contributed by atoms with E-state index in [1.54, 1.807) is 0 Å². The van der Waals surface area contributed by atoms with E-state index in [1.807, 2.05) is 0 Å². The van der Waals surface area contributed by atoms with Gasteiger partial charge in [-0.05, 0) is 67.3 Å². The quantitative estimate of drug-likeness (QED) is 0.311. The van der Waals surface area contributed by atoms with Crippen molar-refractivity contribution in [2.75, 3.05) is 4.90 Å². The van der Waals surface area contributed by atoms with Gasteiger partial charge >= 0.3 is 0 Å². The van der Waals surface area contributed by atoms with Crippen molar-refractivity contribution in [3.63, 3.8) is 0 Å². The van der Waals surface area contributed by atoms with Gasteiger partial charge in [-0.1, -0.05) is 90.5 Å². The highest BCUT2D eigenvalue weighted by molar-refractivity contribution is 5.81. The summed E-state index contributed by atoms with van der Waals surface area (Å²) in [5.41, 5.74) is 9.76. The Morgan fingerprint density at radius 3 is 1.40 bits per heavy atom. The summed E-state index contributed by atoms with van der Waals surface area (Å²) in [7, 11) is 0. The van der Waals surface area contributed by atoms with Gasteiger partial charge in [0.05, 0.1) is 0 Å². The van der Waals surface area contributed by atoms with Crippen molar-refractivity contribution >= 4 is 29.2 Å². The lowest BCUT2D eigenvalue weighted by molar-refractivity contribution is 1.22. The minimum absolute atomic E-state index is 1.16. The molecule has 0 saturated carbocycles. The van der Waals surface area contributed by atoms with Gasteiger partial charge in [0.25, 0.3) is 0 Å². The van der Waals surface area contributed by atoms with Gasteiger partial charge in [0.1, 0.15) is 0 Å². The highest BCUT2D eigenvalue weighted by atomic mass is 15.1. The van der Waals surface area contributed by atoms with Crippen molar-refractivity contribution < 1.29 is 0 Å². The smallest absolute Gasteiger partial charge is 0.0490 e. The van der Waals surface area contributed by atoms with Crippen LogP contribution in [0.3, 0.4) is 0 Å². The predicted octanol–water partition coefficient (Wildman–Crippen LogP) is 8.25. The Hall–Kier alpha value is -3.58. The van der Waals surface area contributed by atoms with Gasteiger partial charge in [0.2, 0.25) is 0 Å². The van der Waals surface area contributed by atoms with Crippen LogP contribution >= 0.6 is 0 Å². The number of nitrogens with zero attached hydrogens (tertiary/aromatic N) is 1. The van der Waals surface area contributed by atoms with Crippen molar-refractivity contribution in [2.24, 2.45) is 0 Å². The van der Waals surface area contributed by atoms with E-state index in [0.29, 0.717) is 0 Å². The molecule has 1 nitrogen and oxygen atoms in total. The molecule has 0 bridgehead atoms. The molecule has 0 aliphatic rings. The Morgan fingerprint density at radius 2 is 0.933 bits per heavy atom. The lowest BCUT2D eigenvalue weighted by Gasteiger charge is -2.28. The van der Waals surface area contributed by atoms with Crippen LogP contribution < -0.4 is 4.90 Å². The fraction of sp³-hybridized carbons (Fsp3) is 0.103. The van der Waals surface area contributed by atoms with Crippen molar-refractivity contribution in [3.05, 3.63) is 125 Å². The molecule has 4 rings (SSSR count). The minimum atomic E-state index is 1.16. The Morgan fingerprint density at radius 1 is 0.500 bits per heavy atom. The normalized spacial score (nSPS) is 11.0. The molecule has 0 radical (unpaired) electrons. The molecule has 0 spiro atoms. The summed E-state index contributed by atoms with van der Waals surface area (Å²) < 4.78 is 0. The molecule has 0 aliphatic carbocycles. The van der Waals surface area contributed by atoms with Gasteiger partial charge in [-0.25, -0.2) is 0 Å². The topological polar surface area (TPSA) is 3.24 Å². The summed E-state index contributed by atoms with van der Waals surface area (Å²) in [6.45, 7) is 6.44. The molecule has 0 N–H and O–H groups in total. The second-order valence-corrected chi connectivity index (χ2v) is 7.74. The molecule has 4 aromatic carbocycles. The van der Waals surface area contributed by atoms with Crippen LogP contribution in [0.4, 0.5) is 17.1 Å². The molecule has 0 aliphatic heterocycles. The third-order valence-electron chi connectivity index (χ3n) is 5.41. The molecule has 0 amide bonds. The summed E-state index contributed by atoms with van der Waals surface area (Å²) in [6.07, 6.45) is 4.33. The van der Waals surface area contributed by atoms with Crippen LogP contribution in [0.25, 0.3) is 12.2 Å². The zero-order chi connectivity index (χ0) is 20.9. The Kier molecular flexibility index (Phi) is 5.81. The number of aryl methyl sites for hydroxylation is 3. The highest BCUT2D eigenvalue weighted by Crippen LogP contribution is 2.38. The second kappa shape index (κ2) is 8.84. The molecule has 0 saturated heterocycles. The van der Waals surface area contributed by atoms with Crippen molar-refractivity contribution in [3.8, 4) is 0 Å². The van der Waals surface area contributed by atoms with Crippen LogP contribution in [-0.2, 0) is 0 Å². The van der Waals surface area contributed by atoms with E-state index < -0.39 is 0 Å². The predicted molar refractivity (Wildman–Crippen MR) is 131 cm³/mol. The summed E-state index contributed by atoms with van der Waals surface area (Å²) in [5.74, 6) is 0. The van der Waals surface area contributed by atoms with E-state index in [9.17, 15) is 0 Å². The standard InChI is InChI=1S/C29H27N/c1-22-12-14-25(15-13-22)16-17-26-18-20-27(21-19-26)30(28-10-6-4-8-23(28)2)29-11-7-5-9-24(29)3/h4-21H,1-3H3. The number of hydrogen-bond acceptors (Lipinski definition) is 1. The summed E-state index contributed by atoms with van der Waals surface area (Å²) in [6, 6.07) is 34.5. The molecule has 30 heavy (non-hydrogen) atoms. The maximum Gasteiger partial charge on any atom is 0.0490 e. The SMILES string of the molecule is Cc1ccc(C=Cc2ccc(N(c3ccccc3C)c3ccccc3C)cc2)cc1. The lowest BCUT2D eigenvalue weighted by Crippen LogP contribution is -2.12. The Bertz CT molecular complexity index is 1110. The molecule has 0 fully saturated rings. The summed E-state index contributed by atoms with van der Waals surface area (Å²) in [5, 5.41) is 0. The zero-order valence-electron chi connectivity index (χ0n) is 17.8. The summed E-state index contributed by atoms with van der Waals surface area (Å²) in [4.78, 5) is 2.35. The van der Waals surface area contributed by atoms with Crippen molar-refractivity contribution in [1.82, 2.24) is 0 Å². The van der Waals surface area contributed by atoms with E-state index >= 15 is 0 Å². The molecule has 4 aromatic rings. The van der Waals surface area contributed by atoms with Crippen LogP contribution in [0.2, 0.25) is 0 Å². The number of hydrogen-bond donors (Lipinski definition) is 0. The number of benzene rings is 4.